The first-order valence-electron chi connectivity index (χ1n) is 7.40. The van der Waals surface area contributed by atoms with Crippen LogP contribution < -0.4 is 10.6 Å². The van der Waals surface area contributed by atoms with Crippen LogP contribution in [0.1, 0.15) is 32.6 Å². The highest BCUT2D eigenvalue weighted by Crippen LogP contribution is 2.23. The van der Waals surface area contributed by atoms with Crippen LogP contribution in [0.4, 0.5) is 11.6 Å². The van der Waals surface area contributed by atoms with Crippen LogP contribution in [0.3, 0.4) is 0 Å². The molecule has 2 aromatic rings. The number of hydrogen-bond donors (Lipinski definition) is 2. The van der Waals surface area contributed by atoms with Crippen molar-refractivity contribution in [1.29, 1.82) is 0 Å². The monoisotopic (exact) mass is 284 g/mol. The van der Waals surface area contributed by atoms with Crippen molar-refractivity contribution in [3.63, 3.8) is 0 Å². The van der Waals surface area contributed by atoms with E-state index in [9.17, 15) is 4.79 Å². The minimum absolute atomic E-state index is 0.0611. The van der Waals surface area contributed by atoms with Gasteiger partial charge in [-0.05, 0) is 37.1 Å². The summed E-state index contributed by atoms with van der Waals surface area (Å²) < 4.78 is 2.04. The minimum atomic E-state index is -0.0611. The number of rotatable bonds is 4. The Morgan fingerprint density at radius 2 is 1.95 bits per heavy atom. The molecule has 1 saturated carbocycles. The summed E-state index contributed by atoms with van der Waals surface area (Å²) in [5.74, 6) is 0.822. The van der Waals surface area contributed by atoms with Gasteiger partial charge in [0.05, 0.1) is 0 Å². The molecule has 1 aliphatic rings. The molecule has 0 spiro atoms. The van der Waals surface area contributed by atoms with E-state index in [0.29, 0.717) is 6.04 Å². The van der Waals surface area contributed by atoms with Gasteiger partial charge in [0.15, 0.2) is 0 Å². The zero-order valence-electron chi connectivity index (χ0n) is 12.2. The van der Waals surface area contributed by atoms with Gasteiger partial charge in [-0.3, -0.25) is 9.36 Å². The summed E-state index contributed by atoms with van der Waals surface area (Å²) in [6, 6.07) is 8.29. The number of anilines is 2. The minimum Gasteiger partial charge on any atom is -0.353 e. The first-order valence-corrected chi connectivity index (χ1v) is 7.40. The highest BCUT2D eigenvalue weighted by atomic mass is 16.1. The first kappa shape index (κ1) is 13.7. The van der Waals surface area contributed by atoms with Crippen LogP contribution in [0.5, 0.6) is 0 Å². The molecule has 1 fully saturated rings. The highest BCUT2D eigenvalue weighted by molar-refractivity contribution is 5.88. The van der Waals surface area contributed by atoms with E-state index in [-0.39, 0.29) is 5.91 Å². The van der Waals surface area contributed by atoms with E-state index < -0.39 is 0 Å². The van der Waals surface area contributed by atoms with Crippen molar-refractivity contribution < 1.29 is 4.79 Å². The van der Waals surface area contributed by atoms with Gasteiger partial charge in [-0.25, -0.2) is 4.98 Å². The van der Waals surface area contributed by atoms with Gasteiger partial charge in [0.25, 0.3) is 0 Å². The molecule has 1 aliphatic carbocycles. The Morgan fingerprint density at radius 3 is 2.62 bits per heavy atom. The number of imidazole rings is 1. The third-order valence-electron chi connectivity index (χ3n) is 3.79. The van der Waals surface area contributed by atoms with E-state index in [4.69, 9.17) is 0 Å². The van der Waals surface area contributed by atoms with Crippen LogP contribution in [-0.2, 0) is 4.79 Å². The Labute approximate surface area is 124 Å². The van der Waals surface area contributed by atoms with E-state index in [1.807, 2.05) is 35.0 Å². The molecular weight excluding hydrogens is 264 g/mol. The van der Waals surface area contributed by atoms with Crippen LogP contribution in [0.25, 0.3) is 5.69 Å². The third kappa shape index (κ3) is 3.24. The summed E-state index contributed by atoms with van der Waals surface area (Å²) in [6.45, 7) is 1.51. The lowest BCUT2D eigenvalue weighted by atomic mass is 10.2. The summed E-state index contributed by atoms with van der Waals surface area (Å²) in [4.78, 5) is 15.4. The fourth-order valence-corrected chi connectivity index (χ4v) is 2.78. The molecule has 2 N–H and O–H groups in total. The predicted molar refractivity (Wildman–Crippen MR) is 83.7 cm³/mol. The van der Waals surface area contributed by atoms with Gasteiger partial charge in [-0.1, -0.05) is 12.8 Å². The molecular formula is C16H20N4O. The lowest BCUT2D eigenvalue weighted by Crippen LogP contribution is -2.17. The second kappa shape index (κ2) is 5.99. The Kier molecular flexibility index (Phi) is 3.90. The van der Waals surface area contributed by atoms with Gasteiger partial charge in [-0.2, -0.15) is 0 Å². The van der Waals surface area contributed by atoms with Crippen molar-refractivity contribution in [2.24, 2.45) is 0 Å². The fourth-order valence-electron chi connectivity index (χ4n) is 2.78. The number of carbonyl (C=O) groups is 1. The fraction of sp³-hybridized carbons (Fsp3) is 0.375. The first-order chi connectivity index (χ1) is 10.2. The molecule has 0 radical (unpaired) electrons. The number of nitrogens with zero attached hydrogens (tertiary/aromatic N) is 2. The van der Waals surface area contributed by atoms with Crippen LogP contribution in [-0.4, -0.2) is 21.5 Å². The number of hydrogen-bond acceptors (Lipinski definition) is 3. The van der Waals surface area contributed by atoms with Gasteiger partial charge in [-0.15, -0.1) is 0 Å². The molecule has 110 valence electrons. The van der Waals surface area contributed by atoms with Gasteiger partial charge in [0, 0.05) is 36.7 Å². The van der Waals surface area contributed by atoms with Crippen LogP contribution in [0.2, 0.25) is 0 Å². The molecule has 5 nitrogen and oxygen atoms in total. The standard InChI is InChI=1S/C16H20N4O/c1-12(21)18-14-6-8-15(9-7-14)20-11-10-17-16(20)19-13-4-2-3-5-13/h6-11,13H,2-5H2,1H3,(H,17,19)(H,18,21). The normalized spacial score (nSPS) is 15.1. The largest absolute Gasteiger partial charge is 0.353 e. The molecule has 5 heteroatoms. The van der Waals surface area contributed by atoms with Gasteiger partial charge in [0.2, 0.25) is 11.9 Å². The lowest BCUT2D eigenvalue weighted by molar-refractivity contribution is -0.114. The van der Waals surface area contributed by atoms with Crippen molar-refractivity contribution in [1.82, 2.24) is 9.55 Å². The van der Waals surface area contributed by atoms with E-state index in [0.717, 1.165) is 17.3 Å². The average Bonchev–Trinajstić information content (AvgIpc) is 3.11. The quantitative estimate of drug-likeness (QED) is 0.906. The summed E-state index contributed by atoms with van der Waals surface area (Å²) in [6.07, 6.45) is 8.78. The molecule has 0 atom stereocenters. The van der Waals surface area contributed by atoms with E-state index in [1.54, 1.807) is 6.20 Å². The molecule has 0 aliphatic heterocycles. The molecule has 1 heterocycles. The smallest absolute Gasteiger partial charge is 0.221 e. The Bertz CT molecular complexity index is 611. The Hall–Kier alpha value is -2.30. The summed E-state index contributed by atoms with van der Waals surface area (Å²) in [5.41, 5.74) is 1.83. The molecule has 1 aromatic carbocycles. The van der Waals surface area contributed by atoms with Crippen LogP contribution in [0.15, 0.2) is 36.7 Å². The average molecular weight is 284 g/mol. The SMILES string of the molecule is CC(=O)Nc1ccc(-n2ccnc2NC2CCCC2)cc1. The molecule has 0 bridgehead atoms. The molecule has 0 unspecified atom stereocenters. The topological polar surface area (TPSA) is 59.0 Å². The molecule has 1 amide bonds. The number of nitrogens with one attached hydrogen (secondary N) is 2. The maximum absolute atomic E-state index is 11.0. The van der Waals surface area contributed by atoms with E-state index in [1.165, 1.54) is 32.6 Å². The number of amides is 1. The molecule has 21 heavy (non-hydrogen) atoms. The van der Waals surface area contributed by atoms with Gasteiger partial charge in [0.1, 0.15) is 0 Å². The highest BCUT2D eigenvalue weighted by Gasteiger charge is 2.16. The van der Waals surface area contributed by atoms with Gasteiger partial charge >= 0.3 is 0 Å². The summed E-state index contributed by atoms with van der Waals surface area (Å²) >= 11 is 0. The zero-order valence-corrected chi connectivity index (χ0v) is 12.2. The van der Waals surface area contributed by atoms with Gasteiger partial charge < -0.3 is 10.6 Å². The number of benzene rings is 1. The maximum atomic E-state index is 11.0. The molecule has 0 saturated heterocycles. The second-order valence-corrected chi connectivity index (χ2v) is 5.47. The predicted octanol–water partition coefficient (Wildman–Crippen LogP) is 3.19. The molecule has 1 aromatic heterocycles. The zero-order chi connectivity index (χ0) is 14.7. The van der Waals surface area contributed by atoms with Crippen molar-refractivity contribution in [3.05, 3.63) is 36.7 Å². The summed E-state index contributed by atoms with van der Waals surface area (Å²) in [7, 11) is 0. The lowest BCUT2D eigenvalue weighted by Gasteiger charge is -2.15. The van der Waals surface area contributed by atoms with E-state index in [2.05, 4.69) is 15.6 Å². The second-order valence-electron chi connectivity index (χ2n) is 5.47. The van der Waals surface area contributed by atoms with Crippen molar-refractivity contribution >= 4 is 17.5 Å². The number of aromatic nitrogens is 2. The number of carbonyl (C=O) groups excluding carboxylic acids is 1. The van der Waals surface area contributed by atoms with Crippen molar-refractivity contribution in [2.45, 2.75) is 38.6 Å². The van der Waals surface area contributed by atoms with E-state index >= 15 is 0 Å². The molecule has 3 rings (SSSR count). The van der Waals surface area contributed by atoms with Crippen LogP contribution in [0, 0.1) is 0 Å². The summed E-state index contributed by atoms with van der Waals surface area (Å²) in [5, 5.41) is 6.29. The third-order valence-corrected chi connectivity index (χ3v) is 3.79. The Balaban J connectivity index is 1.77. The Morgan fingerprint density at radius 1 is 1.24 bits per heavy atom. The van der Waals surface area contributed by atoms with Crippen molar-refractivity contribution in [2.75, 3.05) is 10.6 Å². The van der Waals surface area contributed by atoms with Crippen molar-refractivity contribution in [3.8, 4) is 5.69 Å². The maximum Gasteiger partial charge on any atom is 0.221 e. The van der Waals surface area contributed by atoms with Crippen LogP contribution >= 0.6 is 0 Å².